The van der Waals surface area contributed by atoms with Gasteiger partial charge in [0.1, 0.15) is 0 Å². The lowest BCUT2D eigenvalue weighted by Gasteiger charge is -2.23. The van der Waals surface area contributed by atoms with Gasteiger partial charge in [0.05, 0.1) is 11.3 Å². The van der Waals surface area contributed by atoms with Gasteiger partial charge in [-0.15, -0.1) is 0 Å². The molecule has 0 aliphatic carbocycles. The largest absolute Gasteiger partial charge is 0.290 e. The number of amides is 2. The van der Waals surface area contributed by atoms with Gasteiger partial charge in [0.25, 0.3) is 11.5 Å². The van der Waals surface area contributed by atoms with Gasteiger partial charge in [-0.2, -0.15) is 5.10 Å². The van der Waals surface area contributed by atoms with Crippen LogP contribution in [0.4, 0.5) is 0 Å². The number of hydrazine groups is 1. The van der Waals surface area contributed by atoms with Crippen molar-refractivity contribution >= 4 is 22.6 Å². The lowest BCUT2D eigenvalue weighted by molar-refractivity contribution is -0.124. The van der Waals surface area contributed by atoms with Gasteiger partial charge in [-0.05, 0) is 17.5 Å². The van der Waals surface area contributed by atoms with E-state index < -0.39 is 11.8 Å². The van der Waals surface area contributed by atoms with Crippen LogP contribution in [-0.2, 0) is 11.8 Å². The summed E-state index contributed by atoms with van der Waals surface area (Å²) in [4.78, 5) is 37.8. The molecule has 0 saturated heterocycles. The Morgan fingerprint density at radius 1 is 1.00 bits per heavy atom. The van der Waals surface area contributed by atoms with E-state index in [0.717, 1.165) is 16.7 Å². The second kappa shape index (κ2) is 8.68. The Morgan fingerprint density at radius 2 is 1.62 bits per heavy atom. The predicted octanol–water partition coefficient (Wildman–Crippen LogP) is 2.52. The summed E-state index contributed by atoms with van der Waals surface area (Å²) < 4.78 is 1.12. The smallest absolute Gasteiger partial charge is 0.273 e. The molecule has 7 nitrogen and oxygen atoms in total. The minimum absolute atomic E-state index is 0.0720. The fourth-order valence-electron chi connectivity index (χ4n) is 3.36. The monoisotopic (exact) mass is 392 g/mol. The standard InChI is InChI=1S/C22H24N4O3/c1-4-14(2)18(15-10-6-5-7-11-15)20(27)23-24-21(28)19-16-12-8-9-13-17(16)22(29)26(3)25-19/h5-14,18H,4H2,1-3H3,(H,23,27)(H,24,28). The number of hydrogen-bond donors (Lipinski definition) is 2. The molecule has 2 unspecified atom stereocenters. The van der Waals surface area contributed by atoms with Crippen molar-refractivity contribution < 1.29 is 9.59 Å². The molecule has 0 saturated carbocycles. The zero-order valence-electron chi connectivity index (χ0n) is 16.7. The molecule has 7 heteroatoms. The molecule has 2 atom stereocenters. The van der Waals surface area contributed by atoms with Crippen molar-refractivity contribution in [3.05, 3.63) is 76.2 Å². The van der Waals surface area contributed by atoms with Crippen LogP contribution in [0.1, 0.15) is 42.2 Å². The maximum atomic E-state index is 12.9. The van der Waals surface area contributed by atoms with Gasteiger partial charge >= 0.3 is 0 Å². The minimum Gasteiger partial charge on any atom is -0.273 e. The van der Waals surface area contributed by atoms with E-state index in [9.17, 15) is 14.4 Å². The number of aromatic nitrogens is 2. The SMILES string of the molecule is CCC(C)C(C(=O)NNC(=O)c1nn(C)c(=O)c2ccccc12)c1ccccc1. The third-order valence-electron chi connectivity index (χ3n) is 5.12. The van der Waals surface area contributed by atoms with Gasteiger partial charge in [0, 0.05) is 12.4 Å². The molecule has 0 fully saturated rings. The van der Waals surface area contributed by atoms with Crippen LogP contribution in [0.3, 0.4) is 0 Å². The molecule has 3 rings (SSSR count). The molecule has 2 amide bonds. The molecule has 3 aromatic rings. The van der Waals surface area contributed by atoms with Gasteiger partial charge in [-0.3, -0.25) is 25.2 Å². The summed E-state index contributed by atoms with van der Waals surface area (Å²) in [6.45, 7) is 4.02. The van der Waals surface area contributed by atoms with E-state index in [4.69, 9.17) is 0 Å². The van der Waals surface area contributed by atoms with Gasteiger partial charge in [-0.25, -0.2) is 4.68 Å². The zero-order valence-corrected chi connectivity index (χ0v) is 16.7. The summed E-state index contributed by atoms with van der Waals surface area (Å²) >= 11 is 0. The Hall–Kier alpha value is -3.48. The van der Waals surface area contributed by atoms with Crippen LogP contribution in [0.25, 0.3) is 10.8 Å². The topological polar surface area (TPSA) is 93.1 Å². The van der Waals surface area contributed by atoms with E-state index in [1.165, 1.54) is 7.05 Å². The fraction of sp³-hybridized carbons (Fsp3) is 0.273. The van der Waals surface area contributed by atoms with E-state index in [1.807, 2.05) is 44.2 Å². The van der Waals surface area contributed by atoms with Crippen molar-refractivity contribution in [1.29, 1.82) is 0 Å². The highest BCUT2D eigenvalue weighted by molar-refractivity contribution is 6.05. The number of carbonyl (C=O) groups excluding carboxylic acids is 2. The van der Waals surface area contributed by atoms with Crippen LogP contribution >= 0.6 is 0 Å². The highest BCUT2D eigenvalue weighted by atomic mass is 16.2. The molecule has 1 heterocycles. The Balaban J connectivity index is 1.83. The molecular formula is C22H24N4O3. The first kappa shape index (κ1) is 20.3. The van der Waals surface area contributed by atoms with E-state index in [2.05, 4.69) is 16.0 Å². The summed E-state index contributed by atoms with van der Waals surface area (Å²) in [5.74, 6) is -1.19. The normalized spacial score (nSPS) is 12.9. The van der Waals surface area contributed by atoms with E-state index in [1.54, 1.807) is 24.3 Å². The molecule has 2 aromatic carbocycles. The molecule has 0 spiro atoms. The number of fused-ring (bicyclic) bond motifs is 1. The summed E-state index contributed by atoms with van der Waals surface area (Å²) in [5, 5.41) is 4.90. The van der Waals surface area contributed by atoms with Crippen LogP contribution in [0, 0.1) is 5.92 Å². The Labute approximate surface area is 168 Å². The summed E-state index contributed by atoms with van der Waals surface area (Å²) in [6.07, 6.45) is 0.813. The van der Waals surface area contributed by atoms with Crippen molar-refractivity contribution in [2.45, 2.75) is 26.2 Å². The van der Waals surface area contributed by atoms with Gasteiger partial charge < -0.3 is 0 Å². The predicted molar refractivity (Wildman–Crippen MR) is 111 cm³/mol. The maximum absolute atomic E-state index is 12.9. The molecule has 0 bridgehead atoms. The van der Waals surface area contributed by atoms with Gasteiger partial charge in [-0.1, -0.05) is 68.8 Å². The Kier molecular flexibility index (Phi) is 6.07. The molecular weight excluding hydrogens is 368 g/mol. The average Bonchev–Trinajstić information content (AvgIpc) is 2.75. The first-order chi connectivity index (χ1) is 13.9. The minimum atomic E-state index is -0.582. The third kappa shape index (κ3) is 4.18. The quantitative estimate of drug-likeness (QED) is 0.653. The van der Waals surface area contributed by atoms with E-state index in [0.29, 0.717) is 10.8 Å². The number of hydrogen-bond acceptors (Lipinski definition) is 4. The Morgan fingerprint density at radius 3 is 2.28 bits per heavy atom. The highest BCUT2D eigenvalue weighted by Crippen LogP contribution is 2.26. The second-order valence-electron chi connectivity index (χ2n) is 7.04. The van der Waals surface area contributed by atoms with Gasteiger partial charge in [0.2, 0.25) is 5.91 Å². The number of aryl methyl sites for hydroxylation is 1. The lowest BCUT2D eigenvalue weighted by Crippen LogP contribution is -2.45. The molecule has 1 aromatic heterocycles. The van der Waals surface area contributed by atoms with Crippen molar-refractivity contribution in [3.63, 3.8) is 0 Å². The summed E-state index contributed by atoms with van der Waals surface area (Å²) in [7, 11) is 1.48. The zero-order chi connectivity index (χ0) is 21.0. The molecule has 2 N–H and O–H groups in total. The van der Waals surface area contributed by atoms with Crippen molar-refractivity contribution in [2.24, 2.45) is 13.0 Å². The van der Waals surface area contributed by atoms with Crippen molar-refractivity contribution in [3.8, 4) is 0 Å². The van der Waals surface area contributed by atoms with Crippen LogP contribution < -0.4 is 16.4 Å². The average molecular weight is 392 g/mol. The second-order valence-corrected chi connectivity index (χ2v) is 7.04. The van der Waals surface area contributed by atoms with E-state index >= 15 is 0 Å². The number of carbonyl (C=O) groups is 2. The third-order valence-corrected chi connectivity index (χ3v) is 5.12. The molecule has 0 aliphatic rings. The van der Waals surface area contributed by atoms with Crippen molar-refractivity contribution in [2.75, 3.05) is 0 Å². The highest BCUT2D eigenvalue weighted by Gasteiger charge is 2.26. The van der Waals surface area contributed by atoms with Crippen LogP contribution in [0.5, 0.6) is 0 Å². The fourth-order valence-corrected chi connectivity index (χ4v) is 3.36. The number of nitrogens with one attached hydrogen (secondary N) is 2. The van der Waals surface area contributed by atoms with Crippen LogP contribution in [0.2, 0.25) is 0 Å². The number of benzene rings is 2. The lowest BCUT2D eigenvalue weighted by atomic mass is 9.85. The molecule has 150 valence electrons. The Bertz CT molecular complexity index is 1090. The molecule has 0 aliphatic heterocycles. The van der Waals surface area contributed by atoms with E-state index in [-0.39, 0.29) is 23.1 Å². The van der Waals surface area contributed by atoms with Crippen molar-refractivity contribution in [1.82, 2.24) is 20.6 Å². The number of nitrogens with zero attached hydrogens (tertiary/aromatic N) is 2. The van der Waals surface area contributed by atoms with Gasteiger partial charge in [0.15, 0.2) is 5.69 Å². The summed E-state index contributed by atoms with van der Waals surface area (Å²) in [6, 6.07) is 16.2. The summed E-state index contributed by atoms with van der Waals surface area (Å²) in [5.41, 5.74) is 5.65. The molecule has 0 radical (unpaired) electrons. The first-order valence-corrected chi connectivity index (χ1v) is 9.55. The number of rotatable bonds is 5. The first-order valence-electron chi connectivity index (χ1n) is 9.55. The molecule has 29 heavy (non-hydrogen) atoms. The van der Waals surface area contributed by atoms with Crippen LogP contribution in [0.15, 0.2) is 59.4 Å². The maximum Gasteiger partial charge on any atom is 0.290 e. The van der Waals surface area contributed by atoms with Crippen LogP contribution in [-0.4, -0.2) is 21.6 Å².